The Morgan fingerprint density at radius 1 is 1.33 bits per heavy atom. The predicted molar refractivity (Wildman–Crippen MR) is 79.3 cm³/mol. The van der Waals surface area contributed by atoms with Crippen molar-refractivity contribution < 1.29 is 19.8 Å². The number of carboxylic acid groups (broad SMARTS) is 1. The van der Waals surface area contributed by atoms with E-state index in [1.54, 1.807) is 18.2 Å². The third-order valence-corrected chi connectivity index (χ3v) is 3.79. The fourth-order valence-corrected chi connectivity index (χ4v) is 2.55. The third-order valence-electron chi connectivity index (χ3n) is 3.21. The maximum atomic E-state index is 12.1. The van der Waals surface area contributed by atoms with Crippen molar-refractivity contribution in [3.63, 3.8) is 0 Å². The number of carbonyl (C=O) groups excluding carboxylic acids is 1. The Morgan fingerprint density at radius 3 is 2.71 bits per heavy atom. The van der Waals surface area contributed by atoms with Gasteiger partial charge in [-0.05, 0) is 29.8 Å². The molecule has 5 nitrogen and oxygen atoms in total. The first kappa shape index (κ1) is 15.8. The molecule has 1 aliphatic heterocycles. The van der Waals surface area contributed by atoms with Crippen molar-refractivity contribution in [2.24, 2.45) is 0 Å². The van der Waals surface area contributed by atoms with Gasteiger partial charge in [-0.15, -0.1) is 0 Å². The van der Waals surface area contributed by atoms with Crippen LogP contribution in [0.3, 0.4) is 0 Å². The summed E-state index contributed by atoms with van der Waals surface area (Å²) < 4.78 is 0. The summed E-state index contributed by atoms with van der Waals surface area (Å²) in [6.45, 7) is 0.00339. The van der Waals surface area contributed by atoms with Crippen LogP contribution in [-0.4, -0.2) is 45.7 Å². The van der Waals surface area contributed by atoms with Crippen LogP contribution in [0.15, 0.2) is 24.3 Å². The number of carboxylic acids is 1. The summed E-state index contributed by atoms with van der Waals surface area (Å²) in [5.41, 5.74) is 0.559. The summed E-state index contributed by atoms with van der Waals surface area (Å²) in [5.74, 6) is -1.62. The van der Waals surface area contributed by atoms with E-state index >= 15 is 0 Å². The van der Waals surface area contributed by atoms with Crippen molar-refractivity contribution in [2.75, 3.05) is 6.54 Å². The molecule has 112 valence electrons. The van der Waals surface area contributed by atoms with Crippen LogP contribution >= 0.6 is 23.2 Å². The van der Waals surface area contributed by atoms with Crippen LogP contribution in [0.4, 0.5) is 0 Å². The number of carbonyl (C=O) groups is 2. The van der Waals surface area contributed by atoms with Crippen LogP contribution in [0.2, 0.25) is 10.0 Å². The number of likely N-dealkylation sites (tertiary alicyclic amines) is 1. The minimum Gasteiger partial charge on any atom is -0.480 e. The highest BCUT2D eigenvalue weighted by Crippen LogP contribution is 2.23. The fraction of sp³-hybridized carbons (Fsp3) is 0.286. The molecule has 0 spiro atoms. The van der Waals surface area contributed by atoms with E-state index in [4.69, 9.17) is 28.3 Å². The van der Waals surface area contributed by atoms with Gasteiger partial charge in [0.05, 0.1) is 6.10 Å². The molecule has 1 aromatic carbocycles. The lowest BCUT2D eigenvalue weighted by atomic mass is 10.2. The number of halogens is 2. The molecule has 0 bridgehead atoms. The second-order valence-electron chi connectivity index (χ2n) is 4.73. The van der Waals surface area contributed by atoms with Crippen LogP contribution in [-0.2, 0) is 9.59 Å². The molecular weight excluding hydrogens is 317 g/mol. The lowest BCUT2D eigenvalue weighted by molar-refractivity contribution is -0.146. The summed E-state index contributed by atoms with van der Waals surface area (Å²) >= 11 is 11.8. The van der Waals surface area contributed by atoms with E-state index in [1.165, 1.54) is 12.2 Å². The van der Waals surface area contributed by atoms with Crippen LogP contribution in [0.5, 0.6) is 0 Å². The monoisotopic (exact) mass is 329 g/mol. The summed E-state index contributed by atoms with van der Waals surface area (Å²) in [4.78, 5) is 24.3. The van der Waals surface area contributed by atoms with E-state index in [2.05, 4.69) is 0 Å². The molecule has 0 aliphatic carbocycles. The molecular formula is C14H13Cl2NO4. The summed E-state index contributed by atoms with van der Waals surface area (Å²) in [6, 6.07) is 3.82. The van der Waals surface area contributed by atoms with Gasteiger partial charge in [0.1, 0.15) is 6.04 Å². The Morgan fingerprint density at radius 2 is 2.05 bits per heavy atom. The number of aliphatic hydroxyl groups is 1. The van der Waals surface area contributed by atoms with Crippen LogP contribution in [0.1, 0.15) is 12.0 Å². The van der Waals surface area contributed by atoms with Gasteiger partial charge >= 0.3 is 5.97 Å². The first-order valence-electron chi connectivity index (χ1n) is 6.23. The SMILES string of the molecule is O=C(O)[C@@H]1CC(O)CN1C(=O)/C=C/c1cc(Cl)ccc1Cl. The normalized spacial score (nSPS) is 22.0. The zero-order valence-electron chi connectivity index (χ0n) is 10.9. The highest BCUT2D eigenvalue weighted by molar-refractivity contribution is 6.34. The second-order valence-corrected chi connectivity index (χ2v) is 5.58. The van der Waals surface area contributed by atoms with E-state index < -0.39 is 24.0 Å². The Labute approximate surface area is 131 Å². The number of benzene rings is 1. The predicted octanol–water partition coefficient (Wildman–Crippen LogP) is 2.05. The average molecular weight is 330 g/mol. The molecule has 7 heteroatoms. The van der Waals surface area contributed by atoms with Gasteiger partial charge in [0.25, 0.3) is 0 Å². The summed E-state index contributed by atoms with van der Waals surface area (Å²) in [7, 11) is 0. The molecule has 0 aromatic heterocycles. The zero-order valence-corrected chi connectivity index (χ0v) is 12.4. The van der Waals surface area contributed by atoms with E-state index in [-0.39, 0.29) is 13.0 Å². The lowest BCUT2D eigenvalue weighted by Crippen LogP contribution is -2.39. The van der Waals surface area contributed by atoms with E-state index in [9.17, 15) is 14.7 Å². The Balaban J connectivity index is 2.15. The first-order valence-corrected chi connectivity index (χ1v) is 6.98. The summed E-state index contributed by atoms with van der Waals surface area (Å²) in [5, 5.41) is 19.5. The number of aliphatic hydroxyl groups excluding tert-OH is 1. The quantitative estimate of drug-likeness (QED) is 0.832. The van der Waals surface area contributed by atoms with Crippen molar-refractivity contribution in [1.29, 1.82) is 0 Å². The number of amides is 1. The lowest BCUT2D eigenvalue weighted by Gasteiger charge is -2.19. The molecule has 2 atom stereocenters. The molecule has 1 saturated heterocycles. The number of aliphatic carboxylic acids is 1. The molecule has 1 aromatic rings. The fourth-order valence-electron chi connectivity index (χ4n) is 2.19. The molecule has 1 heterocycles. The maximum absolute atomic E-state index is 12.1. The highest BCUT2D eigenvalue weighted by Gasteiger charge is 2.37. The number of β-amino-alcohol motifs (C(OH)–C–C–N with tert-alkyl or cyclic N) is 1. The highest BCUT2D eigenvalue weighted by atomic mass is 35.5. The van der Waals surface area contributed by atoms with Crippen LogP contribution in [0, 0.1) is 0 Å². The van der Waals surface area contributed by atoms with Crippen LogP contribution in [0.25, 0.3) is 6.08 Å². The topological polar surface area (TPSA) is 77.8 Å². The van der Waals surface area contributed by atoms with Gasteiger partial charge in [-0.25, -0.2) is 4.79 Å². The van der Waals surface area contributed by atoms with Gasteiger partial charge in [-0.2, -0.15) is 0 Å². The molecule has 2 rings (SSSR count). The molecule has 1 fully saturated rings. The smallest absolute Gasteiger partial charge is 0.326 e. The molecule has 2 N–H and O–H groups in total. The maximum Gasteiger partial charge on any atom is 0.326 e. The average Bonchev–Trinajstić information content (AvgIpc) is 2.82. The van der Waals surface area contributed by atoms with E-state index in [1.807, 2.05) is 0 Å². The molecule has 21 heavy (non-hydrogen) atoms. The Bertz CT molecular complexity index is 603. The standard InChI is InChI=1S/C14H13Cl2NO4/c15-9-2-3-11(16)8(5-9)1-4-13(19)17-7-10(18)6-12(17)14(20)21/h1-5,10,12,18H,6-7H2,(H,20,21)/b4-1+/t10?,12-/m0/s1. The Kier molecular flexibility index (Phi) is 4.88. The molecule has 1 aliphatic rings. The molecule has 1 unspecified atom stereocenters. The zero-order chi connectivity index (χ0) is 15.6. The van der Waals surface area contributed by atoms with Gasteiger partial charge in [0.2, 0.25) is 5.91 Å². The summed E-state index contributed by atoms with van der Waals surface area (Å²) in [6.07, 6.45) is 1.91. The molecule has 0 saturated carbocycles. The minimum atomic E-state index is -1.13. The largest absolute Gasteiger partial charge is 0.480 e. The second kappa shape index (κ2) is 6.47. The first-order chi connectivity index (χ1) is 9.88. The molecule has 1 amide bonds. The third kappa shape index (κ3) is 3.75. The van der Waals surface area contributed by atoms with E-state index in [0.29, 0.717) is 15.6 Å². The van der Waals surface area contributed by atoms with Gasteiger partial charge in [-0.3, -0.25) is 4.79 Å². The minimum absolute atomic E-state index is 0.00339. The number of hydrogen-bond acceptors (Lipinski definition) is 3. The molecule has 0 radical (unpaired) electrons. The van der Waals surface area contributed by atoms with Crippen molar-refractivity contribution in [3.8, 4) is 0 Å². The van der Waals surface area contributed by atoms with Gasteiger partial charge in [-0.1, -0.05) is 23.2 Å². The van der Waals surface area contributed by atoms with Crippen LogP contribution < -0.4 is 0 Å². The van der Waals surface area contributed by atoms with Crippen molar-refractivity contribution >= 4 is 41.2 Å². The van der Waals surface area contributed by atoms with E-state index in [0.717, 1.165) is 4.90 Å². The number of rotatable bonds is 3. The van der Waals surface area contributed by atoms with Gasteiger partial charge in [0, 0.05) is 29.1 Å². The number of nitrogens with zero attached hydrogens (tertiary/aromatic N) is 1. The van der Waals surface area contributed by atoms with Gasteiger partial charge in [0.15, 0.2) is 0 Å². The van der Waals surface area contributed by atoms with Gasteiger partial charge < -0.3 is 15.1 Å². The number of hydrogen-bond donors (Lipinski definition) is 2. The van der Waals surface area contributed by atoms with Crippen molar-refractivity contribution in [3.05, 3.63) is 39.9 Å². The van der Waals surface area contributed by atoms with Crippen molar-refractivity contribution in [2.45, 2.75) is 18.6 Å². The Hall–Kier alpha value is -1.56. The van der Waals surface area contributed by atoms with Crippen molar-refractivity contribution in [1.82, 2.24) is 4.90 Å².